The predicted molar refractivity (Wildman–Crippen MR) is 61.4 cm³/mol. The van der Waals surface area contributed by atoms with Crippen molar-refractivity contribution in [3.63, 3.8) is 0 Å². The van der Waals surface area contributed by atoms with E-state index in [0.717, 1.165) is 23.5 Å². The molecule has 1 heterocycles. The summed E-state index contributed by atoms with van der Waals surface area (Å²) in [6, 6.07) is 4.11. The summed E-state index contributed by atoms with van der Waals surface area (Å²) >= 11 is 0. The summed E-state index contributed by atoms with van der Waals surface area (Å²) in [5.41, 5.74) is 2.27. The largest absolute Gasteiger partial charge is 0.493 e. The second kappa shape index (κ2) is 4.22. The van der Waals surface area contributed by atoms with Crippen LogP contribution in [0.3, 0.4) is 0 Å². The van der Waals surface area contributed by atoms with Crippen molar-refractivity contribution in [3.05, 3.63) is 42.0 Å². The Morgan fingerprint density at radius 1 is 1.53 bits per heavy atom. The molecular formula is C13H14O2. The zero-order valence-corrected chi connectivity index (χ0v) is 8.82. The second-order valence-corrected chi connectivity index (χ2v) is 3.42. The van der Waals surface area contributed by atoms with Gasteiger partial charge in [-0.1, -0.05) is 12.2 Å². The third kappa shape index (κ3) is 1.89. The van der Waals surface area contributed by atoms with E-state index in [1.165, 1.54) is 5.56 Å². The first-order chi connectivity index (χ1) is 7.35. The highest BCUT2D eigenvalue weighted by molar-refractivity contribution is 5.65. The molecule has 0 N–H and O–H groups in total. The molecule has 15 heavy (non-hydrogen) atoms. The molecule has 1 aromatic rings. The molecule has 0 amide bonds. The maximum atomic E-state index is 5.54. The number of allylic oxidation sites excluding steroid dienone is 1. The van der Waals surface area contributed by atoms with E-state index in [4.69, 9.17) is 9.47 Å². The highest BCUT2D eigenvalue weighted by Crippen LogP contribution is 2.35. The molecule has 0 atom stereocenters. The number of benzene rings is 1. The minimum atomic E-state index is 0.615. The standard InChI is InChI=1S/C13H14O2/c1-3-5-10-8-11-6-4-7-15-13(11)12(9-10)14-2/h3-4,6,8-9H,1,5,7H2,2H3. The Labute approximate surface area is 89.8 Å². The first-order valence-corrected chi connectivity index (χ1v) is 4.96. The topological polar surface area (TPSA) is 18.5 Å². The monoisotopic (exact) mass is 202 g/mol. The molecule has 1 aromatic carbocycles. The molecule has 1 aliphatic heterocycles. The van der Waals surface area contributed by atoms with Gasteiger partial charge in [0, 0.05) is 5.56 Å². The van der Waals surface area contributed by atoms with Crippen LogP contribution in [0.25, 0.3) is 6.08 Å². The van der Waals surface area contributed by atoms with Crippen molar-refractivity contribution in [1.82, 2.24) is 0 Å². The Kier molecular flexibility index (Phi) is 2.77. The minimum absolute atomic E-state index is 0.615. The highest BCUT2D eigenvalue weighted by atomic mass is 16.5. The third-order valence-electron chi connectivity index (χ3n) is 2.36. The van der Waals surface area contributed by atoms with Gasteiger partial charge in [-0.25, -0.2) is 0 Å². The molecule has 2 rings (SSSR count). The van der Waals surface area contributed by atoms with Crippen molar-refractivity contribution in [2.45, 2.75) is 6.42 Å². The van der Waals surface area contributed by atoms with Gasteiger partial charge < -0.3 is 9.47 Å². The average molecular weight is 202 g/mol. The lowest BCUT2D eigenvalue weighted by Gasteiger charge is -2.17. The number of hydrogen-bond donors (Lipinski definition) is 0. The normalized spacial score (nSPS) is 12.9. The van der Waals surface area contributed by atoms with E-state index < -0.39 is 0 Å². The van der Waals surface area contributed by atoms with Crippen LogP contribution in [0, 0.1) is 0 Å². The highest BCUT2D eigenvalue weighted by Gasteiger charge is 2.13. The van der Waals surface area contributed by atoms with Crippen molar-refractivity contribution in [1.29, 1.82) is 0 Å². The van der Waals surface area contributed by atoms with E-state index in [0.29, 0.717) is 6.61 Å². The molecule has 0 saturated carbocycles. The lowest BCUT2D eigenvalue weighted by molar-refractivity contribution is 0.322. The van der Waals surface area contributed by atoms with Crippen molar-refractivity contribution in [3.8, 4) is 11.5 Å². The number of hydrogen-bond acceptors (Lipinski definition) is 2. The molecule has 0 bridgehead atoms. The Bertz CT molecular complexity index is 405. The van der Waals surface area contributed by atoms with Crippen LogP contribution in [0.2, 0.25) is 0 Å². The SMILES string of the molecule is C=CCc1cc2c(c(OC)c1)OCC=C2. The van der Waals surface area contributed by atoms with E-state index in [1.54, 1.807) is 7.11 Å². The molecule has 0 aromatic heterocycles. The Morgan fingerprint density at radius 2 is 2.40 bits per heavy atom. The maximum Gasteiger partial charge on any atom is 0.168 e. The first kappa shape index (κ1) is 9.84. The van der Waals surface area contributed by atoms with E-state index >= 15 is 0 Å². The average Bonchev–Trinajstić information content (AvgIpc) is 2.28. The maximum absolute atomic E-state index is 5.54. The van der Waals surface area contributed by atoms with Crippen LogP contribution in [-0.2, 0) is 6.42 Å². The molecule has 0 saturated heterocycles. The van der Waals surface area contributed by atoms with Gasteiger partial charge in [-0.05, 0) is 30.2 Å². The Morgan fingerprint density at radius 3 is 3.13 bits per heavy atom. The summed E-state index contributed by atoms with van der Waals surface area (Å²) in [4.78, 5) is 0. The number of rotatable bonds is 3. The summed E-state index contributed by atoms with van der Waals surface area (Å²) in [7, 11) is 1.66. The zero-order valence-electron chi connectivity index (χ0n) is 8.82. The molecule has 2 nitrogen and oxygen atoms in total. The Balaban J connectivity index is 2.49. The van der Waals surface area contributed by atoms with Gasteiger partial charge in [0.15, 0.2) is 11.5 Å². The fraction of sp³-hybridized carbons (Fsp3) is 0.231. The van der Waals surface area contributed by atoms with E-state index in [-0.39, 0.29) is 0 Å². The van der Waals surface area contributed by atoms with E-state index in [1.807, 2.05) is 18.2 Å². The number of ether oxygens (including phenoxy) is 2. The van der Waals surface area contributed by atoms with Crippen LogP contribution in [0.5, 0.6) is 11.5 Å². The molecule has 1 aliphatic rings. The first-order valence-electron chi connectivity index (χ1n) is 4.96. The van der Waals surface area contributed by atoms with Crippen molar-refractivity contribution < 1.29 is 9.47 Å². The fourth-order valence-corrected chi connectivity index (χ4v) is 1.70. The van der Waals surface area contributed by atoms with Crippen LogP contribution >= 0.6 is 0 Å². The van der Waals surface area contributed by atoms with Gasteiger partial charge in [-0.15, -0.1) is 6.58 Å². The van der Waals surface area contributed by atoms with Crippen molar-refractivity contribution in [2.75, 3.05) is 13.7 Å². The summed E-state index contributed by atoms with van der Waals surface area (Å²) in [6.07, 6.45) is 6.79. The summed E-state index contributed by atoms with van der Waals surface area (Å²) in [5, 5.41) is 0. The summed E-state index contributed by atoms with van der Waals surface area (Å²) in [5.74, 6) is 1.64. The molecule has 78 valence electrons. The number of fused-ring (bicyclic) bond motifs is 1. The Hall–Kier alpha value is -1.70. The van der Waals surface area contributed by atoms with Gasteiger partial charge in [0.1, 0.15) is 6.61 Å². The smallest absolute Gasteiger partial charge is 0.168 e. The van der Waals surface area contributed by atoms with E-state index in [9.17, 15) is 0 Å². The minimum Gasteiger partial charge on any atom is -0.493 e. The second-order valence-electron chi connectivity index (χ2n) is 3.42. The van der Waals surface area contributed by atoms with Gasteiger partial charge in [-0.2, -0.15) is 0 Å². The van der Waals surface area contributed by atoms with Gasteiger partial charge in [0.25, 0.3) is 0 Å². The molecule has 2 heteroatoms. The summed E-state index contributed by atoms with van der Waals surface area (Å²) in [6.45, 7) is 4.35. The molecule has 0 spiro atoms. The van der Waals surface area contributed by atoms with Crippen LogP contribution in [0.4, 0.5) is 0 Å². The van der Waals surface area contributed by atoms with Crippen LogP contribution in [-0.4, -0.2) is 13.7 Å². The summed E-state index contributed by atoms with van der Waals surface area (Å²) < 4.78 is 10.8. The quantitative estimate of drug-likeness (QED) is 0.702. The lowest BCUT2D eigenvalue weighted by atomic mass is 10.0. The lowest BCUT2D eigenvalue weighted by Crippen LogP contribution is -2.03. The number of methoxy groups -OCH3 is 1. The van der Waals surface area contributed by atoms with Crippen molar-refractivity contribution in [2.24, 2.45) is 0 Å². The third-order valence-corrected chi connectivity index (χ3v) is 2.36. The molecular weight excluding hydrogens is 188 g/mol. The zero-order chi connectivity index (χ0) is 10.7. The molecule has 0 radical (unpaired) electrons. The molecule has 0 fully saturated rings. The van der Waals surface area contributed by atoms with Gasteiger partial charge >= 0.3 is 0 Å². The van der Waals surface area contributed by atoms with Gasteiger partial charge in [-0.3, -0.25) is 0 Å². The molecule has 0 aliphatic carbocycles. The van der Waals surface area contributed by atoms with Gasteiger partial charge in [0.05, 0.1) is 7.11 Å². The van der Waals surface area contributed by atoms with Crippen molar-refractivity contribution >= 4 is 6.08 Å². The fourth-order valence-electron chi connectivity index (χ4n) is 1.70. The van der Waals surface area contributed by atoms with Crippen LogP contribution in [0.15, 0.2) is 30.9 Å². The van der Waals surface area contributed by atoms with Gasteiger partial charge in [0.2, 0.25) is 0 Å². The molecule has 0 unspecified atom stereocenters. The van der Waals surface area contributed by atoms with Crippen LogP contribution < -0.4 is 9.47 Å². The van der Waals surface area contributed by atoms with E-state index in [2.05, 4.69) is 18.7 Å². The van der Waals surface area contributed by atoms with Crippen LogP contribution in [0.1, 0.15) is 11.1 Å². The predicted octanol–water partition coefficient (Wildman–Crippen LogP) is 2.83.